The van der Waals surface area contributed by atoms with Crippen molar-refractivity contribution < 1.29 is 44.0 Å². The van der Waals surface area contributed by atoms with Gasteiger partial charge in [0.2, 0.25) is 0 Å². The van der Waals surface area contributed by atoms with Crippen molar-refractivity contribution in [3.8, 4) is 0 Å². The Morgan fingerprint density at radius 3 is 2.50 bits per heavy atom. The quantitative estimate of drug-likeness (QED) is 0.225. The van der Waals surface area contributed by atoms with Gasteiger partial charge in [0.1, 0.15) is 0 Å². The number of nitrogens with zero attached hydrogens (tertiary/aromatic N) is 1. The SMILES string of the molecule is O=S(=O)(O)CCN=C=S.[H-].[Na+]. The van der Waals surface area contributed by atoms with E-state index in [-0.39, 0.29) is 37.5 Å². The van der Waals surface area contributed by atoms with Gasteiger partial charge in [0, 0.05) is 0 Å². The van der Waals surface area contributed by atoms with Crippen LogP contribution < -0.4 is 29.6 Å². The summed E-state index contributed by atoms with van der Waals surface area (Å²) in [5.41, 5.74) is 0. The molecule has 0 unspecified atom stereocenters. The summed E-state index contributed by atoms with van der Waals surface area (Å²) in [6, 6.07) is 0. The van der Waals surface area contributed by atoms with Crippen LogP contribution in [-0.4, -0.2) is 30.4 Å². The van der Waals surface area contributed by atoms with Crippen LogP contribution in [0.4, 0.5) is 0 Å². The summed E-state index contributed by atoms with van der Waals surface area (Å²) in [4.78, 5) is 3.28. The summed E-state index contributed by atoms with van der Waals surface area (Å²) in [6.45, 7) is -0.0255. The van der Waals surface area contributed by atoms with Crippen LogP contribution in [0.5, 0.6) is 0 Å². The van der Waals surface area contributed by atoms with Crippen LogP contribution in [0.1, 0.15) is 1.43 Å². The van der Waals surface area contributed by atoms with Crippen molar-refractivity contribution in [1.29, 1.82) is 0 Å². The molecule has 0 bridgehead atoms. The third kappa shape index (κ3) is 11.5. The molecule has 0 aromatic carbocycles. The molecule has 0 saturated carbocycles. The minimum absolute atomic E-state index is 0. The van der Waals surface area contributed by atoms with Crippen LogP contribution in [0.3, 0.4) is 0 Å². The normalized spacial score (nSPS) is 9.30. The third-order valence-electron chi connectivity index (χ3n) is 0.526. The minimum atomic E-state index is -3.88. The molecule has 7 heteroatoms. The van der Waals surface area contributed by atoms with Gasteiger partial charge in [-0.05, 0) is 12.2 Å². The van der Waals surface area contributed by atoms with Gasteiger partial charge in [-0.15, -0.1) is 0 Å². The number of thiocarbonyl (C=S) groups is 1. The molecule has 4 nitrogen and oxygen atoms in total. The van der Waals surface area contributed by atoms with E-state index in [2.05, 4.69) is 17.2 Å². The van der Waals surface area contributed by atoms with Crippen LogP contribution in [0.2, 0.25) is 0 Å². The number of hydrogen-bond acceptors (Lipinski definition) is 4. The van der Waals surface area contributed by atoms with Gasteiger partial charge < -0.3 is 1.43 Å². The van der Waals surface area contributed by atoms with E-state index >= 15 is 0 Å². The van der Waals surface area contributed by atoms with E-state index in [0.29, 0.717) is 0 Å². The Balaban J connectivity index is -0.000000320. The summed E-state index contributed by atoms with van der Waals surface area (Å²) in [5.74, 6) is -0.392. The largest absolute Gasteiger partial charge is 1.00 e. The van der Waals surface area contributed by atoms with Crippen molar-refractivity contribution >= 4 is 27.5 Å². The van der Waals surface area contributed by atoms with E-state index in [1.165, 1.54) is 0 Å². The molecule has 0 saturated heterocycles. The first-order valence-electron chi connectivity index (χ1n) is 2.05. The summed E-state index contributed by atoms with van der Waals surface area (Å²) in [5, 5.41) is 1.97. The number of isothiocyanates is 1. The predicted molar refractivity (Wildman–Crippen MR) is 37.4 cm³/mol. The molecule has 0 rings (SSSR count). The minimum Gasteiger partial charge on any atom is -1.00 e. The van der Waals surface area contributed by atoms with E-state index < -0.39 is 15.9 Å². The second-order valence-corrected chi connectivity index (χ2v) is 3.01. The van der Waals surface area contributed by atoms with Crippen molar-refractivity contribution in [2.45, 2.75) is 0 Å². The van der Waals surface area contributed by atoms with Gasteiger partial charge in [0.05, 0.1) is 17.5 Å². The van der Waals surface area contributed by atoms with Crippen LogP contribution >= 0.6 is 12.2 Å². The second-order valence-electron chi connectivity index (χ2n) is 1.26. The molecular formula is C3H6NNaO3S2. The van der Waals surface area contributed by atoms with Crippen LogP contribution in [-0.2, 0) is 10.1 Å². The zero-order valence-corrected chi connectivity index (χ0v) is 9.07. The Morgan fingerprint density at radius 2 is 2.20 bits per heavy atom. The first-order valence-corrected chi connectivity index (χ1v) is 4.07. The topological polar surface area (TPSA) is 66.7 Å². The smallest absolute Gasteiger partial charge is 1.00 e. The first kappa shape index (κ1) is 13.3. The molecule has 0 aromatic heterocycles. The van der Waals surface area contributed by atoms with Gasteiger partial charge in [-0.2, -0.15) is 8.42 Å². The van der Waals surface area contributed by atoms with Gasteiger partial charge in [-0.25, -0.2) is 4.99 Å². The van der Waals surface area contributed by atoms with Crippen molar-refractivity contribution in [2.75, 3.05) is 12.3 Å². The van der Waals surface area contributed by atoms with Gasteiger partial charge in [-0.1, -0.05) is 0 Å². The fourth-order valence-corrected chi connectivity index (χ4v) is 0.620. The zero-order chi connectivity index (χ0) is 7.33. The van der Waals surface area contributed by atoms with E-state index in [4.69, 9.17) is 4.55 Å². The second kappa shape index (κ2) is 6.42. The number of rotatable bonds is 3. The van der Waals surface area contributed by atoms with E-state index in [1.807, 2.05) is 5.16 Å². The van der Waals surface area contributed by atoms with E-state index in [1.54, 1.807) is 0 Å². The molecule has 0 atom stereocenters. The average Bonchev–Trinajstić information content (AvgIpc) is 1.63. The molecule has 0 aliphatic carbocycles. The maximum Gasteiger partial charge on any atom is 1.00 e. The van der Waals surface area contributed by atoms with Crippen LogP contribution in [0.15, 0.2) is 4.99 Å². The van der Waals surface area contributed by atoms with Crippen molar-refractivity contribution in [1.82, 2.24) is 0 Å². The molecule has 0 amide bonds. The molecule has 10 heavy (non-hydrogen) atoms. The monoisotopic (exact) mass is 191 g/mol. The van der Waals surface area contributed by atoms with Crippen molar-refractivity contribution in [3.05, 3.63) is 0 Å². The summed E-state index contributed by atoms with van der Waals surface area (Å²) in [6.07, 6.45) is 0. The van der Waals surface area contributed by atoms with E-state index in [9.17, 15) is 8.42 Å². The molecular weight excluding hydrogens is 185 g/mol. The molecule has 0 aliphatic rings. The zero-order valence-electron chi connectivity index (χ0n) is 6.44. The summed E-state index contributed by atoms with van der Waals surface area (Å²) < 4.78 is 28.0. The molecule has 0 aromatic rings. The fraction of sp³-hybridized carbons (Fsp3) is 0.667. The summed E-state index contributed by atoms with van der Waals surface area (Å²) >= 11 is 4.15. The molecule has 0 fully saturated rings. The molecule has 0 radical (unpaired) electrons. The van der Waals surface area contributed by atoms with Crippen LogP contribution in [0, 0.1) is 0 Å². The Labute approximate surface area is 88.3 Å². The fourth-order valence-electron chi connectivity index (χ4n) is 0.207. The third-order valence-corrected chi connectivity index (χ3v) is 1.35. The maximum absolute atomic E-state index is 9.94. The Morgan fingerprint density at radius 1 is 1.70 bits per heavy atom. The molecule has 0 aliphatic heterocycles. The standard InChI is InChI=1S/C3H5NO3S2.Na.H/c5-9(6,7)2-1-4-3-8;;/h1-2H2,(H,5,6,7);;/q;+1;-1. The number of hydrogen-bond donors (Lipinski definition) is 1. The molecule has 1 N–H and O–H groups in total. The Bertz CT molecular complexity index is 223. The maximum atomic E-state index is 9.94. The number of aliphatic imine (C=N–C) groups is 1. The molecule has 54 valence electrons. The Hall–Kier alpha value is 0.710. The Kier molecular flexibility index (Phi) is 8.55. The summed E-state index contributed by atoms with van der Waals surface area (Å²) in [7, 11) is -3.88. The van der Waals surface area contributed by atoms with Crippen LogP contribution in [0.25, 0.3) is 0 Å². The van der Waals surface area contributed by atoms with Gasteiger partial charge >= 0.3 is 29.6 Å². The van der Waals surface area contributed by atoms with Crippen molar-refractivity contribution in [2.24, 2.45) is 4.99 Å². The average molecular weight is 191 g/mol. The molecule has 0 spiro atoms. The molecule has 0 heterocycles. The first-order chi connectivity index (χ1) is 4.06. The van der Waals surface area contributed by atoms with Gasteiger partial charge in [0.15, 0.2) is 0 Å². The van der Waals surface area contributed by atoms with Gasteiger partial charge in [0.25, 0.3) is 10.1 Å². The van der Waals surface area contributed by atoms with E-state index in [0.717, 1.165) is 0 Å². The predicted octanol–water partition coefficient (Wildman–Crippen LogP) is -2.91. The van der Waals surface area contributed by atoms with Gasteiger partial charge in [-0.3, -0.25) is 4.55 Å². The van der Waals surface area contributed by atoms with Crippen molar-refractivity contribution in [3.63, 3.8) is 0 Å².